The van der Waals surface area contributed by atoms with Gasteiger partial charge in [-0.1, -0.05) is 31.5 Å². The maximum absolute atomic E-state index is 11.4. The normalized spacial score (nSPS) is 23.8. The highest BCUT2D eigenvalue weighted by molar-refractivity contribution is 5.94. The summed E-state index contributed by atoms with van der Waals surface area (Å²) in [6, 6.07) is 7.74. The highest BCUT2D eigenvalue weighted by Gasteiger charge is 2.24. The first-order chi connectivity index (χ1) is 8.72. The fraction of sp³-hybridized carbons (Fsp3) is 0.533. The molecule has 2 unspecified atom stereocenters. The lowest BCUT2D eigenvalue weighted by Crippen LogP contribution is -2.37. The van der Waals surface area contributed by atoms with Crippen LogP contribution >= 0.6 is 0 Å². The zero-order valence-electron chi connectivity index (χ0n) is 11.0. The number of benzene rings is 1. The van der Waals surface area contributed by atoms with Gasteiger partial charge >= 0.3 is 0 Å². The van der Waals surface area contributed by atoms with Crippen molar-refractivity contribution in [3.05, 3.63) is 35.4 Å². The third-order valence-corrected chi connectivity index (χ3v) is 4.05. The van der Waals surface area contributed by atoms with Gasteiger partial charge in [-0.3, -0.25) is 4.79 Å². The number of carbonyl (C=O) groups excluding carboxylic acids is 1. The Morgan fingerprint density at radius 1 is 1.39 bits per heavy atom. The second-order valence-electron chi connectivity index (χ2n) is 5.15. The van der Waals surface area contributed by atoms with Gasteiger partial charge in [-0.2, -0.15) is 0 Å². The maximum Gasteiger partial charge on any atom is 0.248 e. The quantitative estimate of drug-likeness (QED) is 0.853. The molecule has 0 aliphatic carbocycles. The lowest BCUT2D eigenvalue weighted by molar-refractivity contribution is 0.0999. The van der Waals surface area contributed by atoms with Gasteiger partial charge in [0.2, 0.25) is 5.91 Å². The maximum atomic E-state index is 11.4. The highest BCUT2D eigenvalue weighted by Crippen LogP contribution is 2.27. The fourth-order valence-corrected chi connectivity index (χ4v) is 2.94. The number of hydrogen-bond acceptors (Lipinski definition) is 2. The van der Waals surface area contributed by atoms with E-state index in [1.807, 2.05) is 24.3 Å². The molecule has 3 heteroatoms. The summed E-state index contributed by atoms with van der Waals surface area (Å²) in [6.07, 6.45) is 3.35. The van der Waals surface area contributed by atoms with Gasteiger partial charge in [0.25, 0.3) is 0 Å². The summed E-state index contributed by atoms with van der Waals surface area (Å²) in [4.78, 5) is 11.4. The molecular weight excluding hydrogens is 224 g/mol. The third-order valence-electron chi connectivity index (χ3n) is 4.05. The summed E-state index contributed by atoms with van der Waals surface area (Å²) in [5, 5.41) is 3.45. The van der Waals surface area contributed by atoms with E-state index in [0.29, 0.717) is 17.4 Å². The minimum atomic E-state index is -0.312. The molecule has 0 radical (unpaired) electrons. The summed E-state index contributed by atoms with van der Waals surface area (Å²) < 4.78 is 0. The van der Waals surface area contributed by atoms with E-state index in [9.17, 15) is 4.79 Å². The lowest BCUT2D eigenvalue weighted by atomic mass is 9.80. The standard InChI is InChI=1S/C15H22N2O/c1-2-11-10-17-8-7-12(11)9-13-5-3-4-6-14(13)15(16)18/h3-6,11-12,17H,2,7-10H2,1H3,(H2,16,18). The number of hydrogen-bond donors (Lipinski definition) is 2. The van der Waals surface area contributed by atoms with Crippen LogP contribution in [0, 0.1) is 11.8 Å². The van der Waals surface area contributed by atoms with Crippen molar-refractivity contribution in [2.75, 3.05) is 13.1 Å². The smallest absolute Gasteiger partial charge is 0.248 e. The van der Waals surface area contributed by atoms with Crippen molar-refractivity contribution in [3.63, 3.8) is 0 Å². The zero-order valence-corrected chi connectivity index (χ0v) is 11.0. The largest absolute Gasteiger partial charge is 0.366 e. The molecule has 1 aromatic rings. The molecule has 3 nitrogen and oxygen atoms in total. The summed E-state index contributed by atoms with van der Waals surface area (Å²) in [5.74, 6) is 1.06. The molecule has 1 fully saturated rings. The second-order valence-corrected chi connectivity index (χ2v) is 5.15. The minimum Gasteiger partial charge on any atom is -0.366 e. The number of carbonyl (C=O) groups is 1. The van der Waals surface area contributed by atoms with E-state index >= 15 is 0 Å². The van der Waals surface area contributed by atoms with Crippen LogP contribution in [0.4, 0.5) is 0 Å². The van der Waals surface area contributed by atoms with Gasteiger partial charge in [-0.05, 0) is 49.4 Å². The van der Waals surface area contributed by atoms with Crippen LogP contribution in [-0.2, 0) is 6.42 Å². The molecule has 1 aliphatic rings. The monoisotopic (exact) mass is 246 g/mol. The highest BCUT2D eigenvalue weighted by atomic mass is 16.1. The van der Waals surface area contributed by atoms with E-state index in [2.05, 4.69) is 12.2 Å². The molecule has 2 atom stereocenters. The molecule has 18 heavy (non-hydrogen) atoms. The predicted octanol–water partition coefficient (Wildman–Crippen LogP) is 1.96. The fourth-order valence-electron chi connectivity index (χ4n) is 2.94. The molecule has 1 aliphatic heterocycles. The molecule has 1 aromatic carbocycles. The average molecular weight is 246 g/mol. The third kappa shape index (κ3) is 2.91. The van der Waals surface area contributed by atoms with Crippen LogP contribution in [0.25, 0.3) is 0 Å². The van der Waals surface area contributed by atoms with Gasteiger partial charge in [0, 0.05) is 5.56 Å². The van der Waals surface area contributed by atoms with Crippen LogP contribution in [0.15, 0.2) is 24.3 Å². The number of nitrogens with two attached hydrogens (primary N) is 1. The summed E-state index contributed by atoms with van der Waals surface area (Å²) in [5.41, 5.74) is 7.23. The number of nitrogens with one attached hydrogen (secondary N) is 1. The summed E-state index contributed by atoms with van der Waals surface area (Å²) in [7, 11) is 0. The van der Waals surface area contributed by atoms with Crippen LogP contribution < -0.4 is 11.1 Å². The van der Waals surface area contributed by atoms with Crippen molar-refractivity contribution in [1.29, 1.82) is 0 Å². The van der Waals surface area contributed by atoms with Crippen molar-refractivity contribution < 1.29 is 4.79 Å². The van der Waals surface area contributed by atoms with E-state index in [0.717, 1.165) is 25.1 Å². The van der Waals surface area contributed by atoms with Gasteiger partial charge in [0.15, 0.2) is 0 Å². The molecule has 3 N–H and O–H groups in total. The first-order valence-electron chi connectivity index (χ1n) is 6.80. The molecule has 0 saturated carbocycles. The summed E-state index contributed by atoms with van der Waals surface area (Å²) >= 11 is 0. The van der Waals surface area contributed by atoms with Crippen LogP contribution in [0.1, 0.15) is 35.7 Å². The Hall–Kier alpha value is -1.35. The minimum absolute atomic E-state index is 0.312. The summed E-state index contributed by atoms with van der Waals surface area (Å²) in [6.45, 7) is 4.42. The van der Waals surface area contributed by atoms with E-state index < -0.39 is 0 Å². The van der Waals surface area contributed by atoms with E-state index in [4.69, 9.17) is 5.73 Å². The Bertz CT molecular complexity index is 417. The second kappa shape index (κ2) is 6.01. The van der Waals surface area contributed by atoms with E-state index in [1.165, 1.54) is 12.8 Å². The average Bonchev–Trinajstić information content (AvgIpc) is 2.40. The van der Waals surface area contributed by atoms with Crippen LogP contribution in [-0.4, -0.2) is 19.0 Å². The molecule has 0 spiro atoms. The molecule has 0 aromatic heterocycles. The Morgan fingerprint density at radius 2 is 2.17 bits per heavy atom. The van der Waals surface area contributed by atoms with Crippen LogP contribution in [0.2, 0.25) is 0 Å². The van der Waals surface area contributed by atoms with Crippen LogP contribution in [0.5, 0.6) is 0 Å². The Labute approximate surface area is 109 Å². The van der Waals surface area contributed by atoms with E-state index in [1.54, 1.807) is 0 Å². The first kappa shape index (κ1) is 13.1. The van der Waals surface area contributed by atoms with Gasteiger partial charge < -0.3 is 11.1 Å². The number of rotatable bonds is 4. The zero-order chi connectivity index (χ0) is 13.0. The molecule has 0 bridgehead atoms. The van der Waals surface area contributed by atoms with Crippen LogP contribution in [0.3, 0.4) is 0 Å². The molecule has 98 valence electrons. The van der Waals surface area contributed by atoms with Gasteiger partial charge in [-0.15, -0.1) is 0 Å². The predicted molar refractivity (Wildman–Crippen MR) is 73.4 cm³/mol. The SMILES string of the molecule is CCC1CNCCC1Cc1ccccc1C(N)=O. The van der Waals surface area contributed by atoms with Gasteiger partial charge in [-0.25, -0.2) is 0 Å². The van der Waals surface area contributed by atoms with Crippen molar-refractivity contribution in [2.45, 2.75) is 26.2 Å². The van der Waals surface area contributed by atoms with Crippen molar-refractivity contribution in [3.8, 4) is 0 Å². The van der Waals surface area contributed by atoms with Gasteiger partial charge in [0.05, 0.1) is 0 Å². The number of amides is 1. The van der Waals surface area contributed by atoms with Gasteiger partial charge in [0.1, 0.15) is 0 Å². The molecular formula is C15H22N2O. The van der Waals surface area contributed by atoms with Crippen molar-refractivity contribution in [2.24, 2.45) is 17.6 Å². The van der Waals surface area contributed by atoms with Crippen molar-refractivity contribution in [1.82, 2.24) is 5.32 Å². The molecule has 2 rings (SSSR count). The molecule has 1 saturated heterocycles. The molecule has 1 amide bonds. The Balaban J connectivity index is 2.15. The topological polar surface area (TPSA) is 55.1 Å². The van der Waals surface area contributed by atoms with E-state index in [-0.39, 0.29) is 5.91 Å². The Morgan fingerprint density at radius 3 is 2.89 bits per heavy atom. The first-order valence-corrected chi connectivity index (χ1v) is 6.80. The lowest BCUT2D eigenvalue weighted by Gasteiger charge is -2.32. The number of piperidine rings is 1. The van der Waals surface area contributed by atoms with Crippen molar-refractivity contribution >= 4 is 5.91 Å². The number of primary amides is 1. The Kier molecular flexibility index (Phi) is 4.37. The molecule has 1 heterocycles.